The van der Waals surface area contributed by atoms with E-state index in [4.69, 9.17) is 10.9 Å². The highest BCUT2D eigenvalue weighted by atomic mass is 16.5. The molecule has 0 aromatic carbocycles. The molecule has 0 aromatic heterocycles. The summed E-state index contributed by atoms with van der Waals surface area (Å²) in [4.78, 5) is 10.7. The van der Waals surface area contributed by atoms with E-state index in [0.29, 0.717) is 18.9 Å². The molecule has 0 bridgehead atoms. The van der Waals surface area contributed by atoms with E-state index in [9.17, 15) is 4.79 Å². The standard InChI is InChI=1S/C11H15NO3/c13-6-9-2-1-3-10(12-9)7-15-11-4-5-14-8-11/h1-3,6,9,11-12H,4-5,7-8H2/t9-,11?/m0/s1/i/hD. The molecular formula is C11H15NO3. The summed E-state index contributed by atoms with van der Waals surface area (Å²) in [5.74, 6) is 0. The SMILES string of the molecule is [2H]N1C(COC2CCOC2)=CC=C[C@H]1C=O. The van der Waals surface area contributed by atoms with E-state index >= 15 is 0 Å². The molecule has 2 aliphatic rings. The molecule has 1 unspecified atom stereocenters. The first-order chi connectivity index (χ1) is 7.81. The number of carbonyl (C=O) groups is 1. The summed E-state index contributed by atoms with van der Waals surface area (Å²) in [6, 6.07) is -0.497. The average molecular weight is 210 g/mol. The first kappa shape index (κ1) is 9.12. The molecule has 82 valence electrons. The fraction of sp³-hybridized carbons (Fsp3) is 0.545. The lowest BCUT2D eigenvalue weighted by atomic mass is 10.2. The van der Waals surface area contributed by atoms with Crippen molar-refractivity contribution in [1.82, 2.24) is 5.31 Å². The smallest absolute Gasteiger partial charge is 0.161 e. The normalized spacial score (nSPS) is 31.3. The summed E-state index contributed by atoms with van der Waals surface area (Å²) in [7, 11) is 0. The van der Waals surface area contributed by atoms with Gasteiger partial charge < -0.3 is 19.6 Å². The molecule has 2 heterocycles. The molecule has 0 amide bonds. The monoisotopic (exact) mass is 210 g/mol. The molecule has 2 rings (SSSR count). The van der Waals surface area contributed by atoms with Gasteiger partial charge in [0.2, 0.25) is 0 Å². The number of aldehydes is 1. The summed E-state index contributed by atoms with van der Waals surface area (Å²) in [6.45, 7) is 1.72. The minimum Gasteiger partial charge on any atom is -0.379 e. The Labute approximate surface area is 90.4 Å². The molecule has 2 aliphatic heterocycles. The molecule has 4 nitrogen and oxygen atoms in total. The van der Waals surface area contributed by atoms with Gasteiger partial charge in [0.15, 0.2) is 1.41 Å². The Morgan fingerprint density at radius 1 is 1.80 bits per heavy atom. The predicted molar refractivity (Wildman–Crippen MR) is 55.4 cm³/mol. The molecule has 4 heteroatoms. The maximum Gasteiger partial charge on any atom is 0.161 e. The minimum atomic E-state index is -0.497. The molecule has 1 fully saturated rings. The highest BCUT2D eigenvalue weighted by Crippen LogP contribution is 2.10. The summed E-state index contributed by atoms with van der Waals surface area (Å²) < 4.78 is 18.5. The van der Waals surface area contributed by atoms with Gasteiger partial charge in [-0.1, -0.05) is 12.2 Å². The number of nitrogens with one attached hydrogen (secondary N) is 1. The van der Waals surface area contributed by atoms with Crippen LogP contribution in [0.5, 0.6) is 0 Å². The Hall–Kier alpha value is -1.13. The van der Waals surface area contributed by atoms with E-state index in [2.05, 4.69) is 0 Å². The van der Waals surface area contributed by atoms with Crippen molar-refractivity contribution in [2.45, 2.75) is 18.6 Å². The Morgan fingerprint density at radius 2 is 2.73 bits per heavy atom. The van der Waals surface area contributed by atoms with Crippen LogP contribution >= 0.6 is 0 Å². The average Bonchev–Trinajstić information content (AvgIpc) is 2.81. The molecule has 0 aromatic rings. The van der Waals surface area contributed by atoms with Gasteiger partial charge in [0.05, 0.1) is 19.3 Å². The Morgan fingerprint density at radius 3 is 3.47 bits per heavy atom. The van der Waals surface area contributed by atoms with Crippen LogP contribution in [0.3, 0.4) is 0 Å². The van der Waals surface area contributed by atoms with E-state index in [1.54, 1.807) is 18.2 Å². The summed E-state index contributed by atoms with van der Waals surface area (Å²) in [5, 5.41) is 1.18. The first-order valence-corrected chi connectivity index (χ1v) is 5.11. The van der Waals surface area contributed by atoms with Gasteiger partial charge in [-0.05, 0) is 12.5 Å². The second-order valence-electron chi connectivity index (χ2n) is 3.60. The third-order valence-electron chi connectivity index (χ3n) is 2.41. The summed E-state index contributed by atoms with van der Waals surface area (Å²) >= 11 is 0. The first-order valence-electron chi connectivity index (χ1n) is 5.56. The number of carbonyl (C=O) groups excluding carboxylic acids is 1. The number of dihydropyridines is 1. The van der Waals surface area contributed by atoms with Gasteiger partial charge in [0, 0.05) is 12.3 Å². The summed E-state index contributed by atoms with van der Waals surface area (Å²) in [5.41, 5.74) is 0.700. The maximum atomic E-state index is 10.7. The second kappa shape index (κ2) is 5.09. The van der Waals surface area contributed by atoms with E-state index in [1.165, 1.54) is 5.31 Å². The van der Waals surface area contributed by atoms with Crippen LogP contribution in [0.15, 0.2) is 23.9 Å². The van der Waals surface area contributed by atoms with Crippen molar-refractivity contribution in [3.63, 3.8) is 0 Å². The molecular weight excluding hydrogens is 194 g/mol. The number of rotatable bonds is 4. The lowest BCUT2D eigenvalue weighted by Gasteiger charge is -2.18. The highest BCUT2D eigenvalue weighted by molar-refractivity contribution is 5.62. The predicted octanol–water partition coefficient (Wildman–Crippen LogP) is 0.403. The molecule has 1 N–H and O–H groups in total. The van der Waals surface area contributed by atoms with Crippen molar-refractivity contribution >= 4 is 6.29 Å². The third kappa shape index (κ3) is 2.91. The molecule has 0 aliphatic carbocycles. The zero-order chi connectivity index (χ0) is 11.4. The summed E-state index contributed by atoms with van der Waals surface area (Å²) in [6.07, 6.45) is 7.03. The van der Waals surface area contributed by atoms with Crippen molar-refractivity contribution in [3.05, 3.63) is 23.9 Å². The van der Waals surface area contributed by atoms with Crippen molar-refractivity contribution in [1.29, 1.82) is 0 Å². The van der Waals surface area contributed by atoms with Gasteiger partial charge in [-0.3, -0.25) is 0 Å². The quantitative estimate of drug-likeness (QED) is 0.682. The van der Waals surface area contributed by atoms with Gasteiger partial charge in [-0.2, -0.15) is 0 Å². The number of ether oxygens (including phenoxy) is 2. The van der Waals surface area contributed by atoms with Gasteiger partial charge in [0.1, 0.15) is 12.3 Å². The van der Waals surface area contributed by atoms with Crippen LogP contribution < -0.4 is 5.31 Å². The van der Waals surface area contributed by atoms with Gasteiger partial charge in [-0.15, -0.1) is 0 Å². The van der Waals surface area contributed by atoms with Crippen LogP contribution in [0.25, 0.3) is 0 Å². The topological polar surface area (TPSA) is 47.6 Å². The minimum absolute atomic E-state index is 0.120. The van der Waals surface area contributed by atoms with Gasteiger partial charge in [0.25, 0.3) is 0 Å². The van der Waals surface area contributed by atoms with Gasteiger partial charge in [-0.25, -0.2) is 0 Å². The fourth-order valence-electron chi connectivity index (χ4n) is 1.57. The Bertz CT molecular complexity index is 310. The van der Waals surface area contributed by atoms with Crippen LogP contribution in [-0.4, -0.2) is 38.3 Å². The second-order valence-corrected chi connectivity index (χ2v) is 3.60. The van der Waals surface area contributed by atoms with Crippen molar-refractivity contribution < 1.29 is 15.7 Å². The van der Waals surface area contributed by atoms with Crippen LogP contribution in [0, 0.1) is 0 Å². The van der Waals surface area contributed by atoms with E-state index < -0.39 is 6.04 Å². The molecule has 2 atom stereocenters. The van der Waals surface area contributed by atoms with Crippen molar-refractivity contribution in [2.75, 3.05) is 19.8 Å². The zero-order valence-corrected chi connectivity index (χ0v) is 8.46. The molecule has 15 heavy (non-hydrogen) atoms. The number of allylic oxidation sites excluding steroid dienone is 2. The molecule has 0 radical (unpaired) electrons. The van der Waals surface area contributed by atoms with E-state index in [1.807, 2.05) is 0 Å². The van der Waals surface area contributed by atoms with E-state index in [-0.39, 0.29) is 6.10 Å². The van der Waals surface area contributed by atoms with Crippen LogP contribution in [0.4, 0.5) is 0 Å². The molecule has 1 saturated heterocycles. The van der Waals surface area contributed by atoms with Crippen LogP contribution in [-0.2, 0) is 14.3 Å². The lowest BCUT2D eigenvalue weighted by Crippen LogP contribution is -2.32. The molecule has 0 spiro atoms. The van der Waals surface area contributed by atoms with Crippen LogP contribution in [0.1, 0.15) is 6.42 Å². The van der Waals surface area contributed by atoms with Crippen molar-refractivity contribution in [3.8, 4) is 0 Å². The number of hydrogen-bond acceptors (Lipinski definition) is 4. The lowest BCUT2D eigenvalue weighted by molar-refractivity contribution is -0.108. The van der Waals surface area contributed by atoms with Crippen molar-refractivity contribution in [2.24, 2.45) is 0 Å². The molecule has 0 saturated carbocycles. The Kier molecular flexibility index (Phi) is 3.10. The fourth-order valence-corrected chi connectivity index (χ4v) is 1.57. The highest BCUT2D eigenvalue weighted by Gasteiger charge is 2.17. The van der Waals surface area contributed by atoms with E-state index in [0.717, 1.165) is 19.3 Å². The largest absolute Gasteiger partial charge is 0.379 e. The Balaban J connectivity index is 1.86. The number of hydrogen-bond donors (Lipinski definition) is 1. The van der Waals surface area contributed by atoms with Gasteiger partial charge >= 0.3 is 0 Å². The third-order valence-corrected chi connectivity index (χ3v) is 2.41. The maximum absolute atomic E-state index is 10.7. The van der Waals surface area contributed by atoms with Crippen LogP contribution in [0.2, 0.25) is 1.41 Å². The zero-order valence-electron chi connectivity index (χ0n) is 9.46.